The van der Waals surface area contributed by atoms with Crippen LogP contribution in [0.3, 0.4) is 0 Å². The third kappa shape index (κ3) is 1.65. The minimum atomic E-state index is 0.572. The van der Waals surface area contributed by atoms with Gasteiger partial charge >= 0.3 is 0 Å². The van der Waals surface area contributed by atoms with Gasteiger partial charge in [-0.25, -0.2) is 0 Å². The van der Waals surface area contributed by atoms with E-state index in [1.54, 1.807) is 0 Å². The third-order valence-electron chi connectivity index (χ3n) is 3.51. The molecule has 3 heteroatoms. The number of nitrogens with one attached hydrogen (secondary N) is 2. The van der Waals surface area contributed by atoms with Crippen LogP contribution in [0.5, 0.6) is 0 Å². The van der Waals surface area contributed by atoms with Crippen LogP contribution in [-0.2, 0) is 6.54 Å². The molecule has 85 valence electrons. The zero-order valence-corrected chi connectivity index (χ0v) is 9.66. The molecule has 2 aliphatic rings. The maximum absolute atomic E-state index is 3.54. The average molecular weight is 216 g/mol. The van der Waals surface area contributed by atoms with Crippen molar-refractivity contribution in [1.82, 2.24) is 15.5 Å². The summed E-state index contributed by atoms with van der Waals surface area (Å²) in [6, 6.07) is 9.24. The molecular formula is C13H18N3. The van der Waals surface area contributed by atoms with Crippen molar-refractivity contribution in [2.24, 2.45) is 0 Å². The first kappa shape index (κ1) is 10.3. The molecule has 0 aliphatic carbocycles. The third-order valence-corrected chi connectivity index (χ3v) is 3.51. The van der Waals surface area contributed by atoms with Gasteiger partial charge < -0.3 is 5.32 Å². The minimum absolute atomic E-state index is 0.572. The molecule has 16 heavy (non-hydrogen) atoms. The molecule has 0 spiro atoms. The second-order valence-corrected chi connectivity index (χ2v) is 4.61. The van der Waals surface area contributed by atoms with E-state index in [2.05, 4.69) is 46.7 Å². The summed E-state index contributed by atoms with van der Waals surface area (Å²) in [6.07, 6.45) is 1.32. The van der Waals surface area contributed by atoms with Gasteiger partial charge in [0.2, 0.25) is 0 Å². The van der Waals surface area contributed by atoms with Crippen molar-refractivity contribution in [1.29, 1.82) is 0 Å². The van der Waals surface area contributed by atoms with E-state index in [-0.39, 0.29) is 0 Å². The van der Waals surface area contributed by atoms with Crippen LogP contribution >= 0.6 is 0 Å². The highest BCUT2D eigenvalue weighted by atomic mass is 15.3. The van der Waals surface area contributed by atoms with E-state index in [0.717, 1.165) is 26.2 Å². The number of nitrogens with zero attached hydrogens (tertiary/aromatic N) is 1. The van der Waals surface area contributed by atoms with Gasteiger partial charge in [-0.05, 0) is 18.1 Å². The number of rotatable bonds is 1. The molecule has 1 atom stereocenters. The summed E-state index contributed by atoms with van der Waals surface area (Å²) >= 11 is 0. The molecule has 1 radical (unpaired) electrons. The lowest BCUT2D eigenvalue weighted by Gasteiger charge is -2.37. The molecule has 0 saturated carbocycles. The molecule has 2 N–H and O–H groups in total. The van der Waals surface area contributed by atoms with Crippen molar-refractivity contribution in [2.45, 2.75) is 19.5 Å². The summed E-state index contributed by atoms with van der Waals surface area (Å²) in [6.45, 7) is 6.51. The number of fused-ring (bicyclic) bond motifs is 1. The van der Waals surface area contributed by atoms with Crippen molar-refractivity contribution in [3.05, 3.63) is 41.6 Å². The normalized spacial score (nSPS) is 26.9. The van der Waals surface area contributed by atoms with Gasteiger partial charge in [0.1, 0.15) is 6.17 Å². The van der Waals surface area contributed by atoms with E-state index < -0.39 is 0 Å². The molecule has 3 nitrogen and oxygen atoms in total. The zero-order chi connectivity index (χ0) is 11.0. The quantitative estimate of drug-likeness (QED) is 0.731. The lowest BCUT2D eigenvalue weighted by molar-refractivity contribution is 0.179. The topological polar surface area (TPSA) is 27.3 Å². The van der Waals surface area contributed by atoms with Gasteiger partial charge in [0, 0.05) is 32.2 Å². The molecule has 1 aromatic rings. The summed E-state index contributed by atoms with van der Waals surface area (Å²) in [4.78, 5) is 2.49. The van der Waals surface area contributed by atoms with Gasteiger partial charge in [-0.2, -0.15) is 0 Å². The Bertz CT molecular complexity index is 377. The summed E-state index contributed by atoms with van der Waals surface area (Å²) < 4.78 is 0. The number of benzene rings is 1. The Balaban J connectivity index is 1.86. The van der Waals surface area contributed by atoms with Gasteiger partial charge in [-0.3, -0.25) is 10.2 Å². The molecule has 1 aromatic carbocycles. The smallest absolute Gasteiger partial charge is 0.135 e. The SMILES string of the molecule is CC1CNCCN1[C]1NCc2ccccc21. The van der Waals surface area contributed by atoms with Crippen LogP contribution in [0.15, 0.2) is 24.3 Å². The predicted octanol–water partition coefficient (Wildman–Crippen LogP) is 0.921. The van der Waals surface area contributed by atoms with E-state index in [1.165, 1.54) is 17.3 Å². The number of piperazine rings is 1. The van der Waals surface area contributed by atoms with Gasteiger partial charge in [-0.1, -0.05) is 24.3 Å². The maximum atomic E-state index is 3.54. The second-order valence-electron chi connectivity index (χ2n) is 4.61. The fourth-order valence-corrected chi connectivity index (χ4v) is 2.61. The van der Waals surface area contributed by atoms with Gasteiger partial charge in [0.15, 0.2) is 0 Å². The van der Waals surface area contributed by atoms with Gasteiger partial charge in [0.25, 0.3) is 0 Å². The van der Waals surface area contributed by atoms with Crippen LogP contribution in [0.4, 0.5) is 0 Å². The monoisotopic (exact) mass is 216 g/mol. The maximum Gasteiger partial charge on any atom is 0.135 e. The zero-order valence-electron chi connectivity index (χ0n) is 9.66. The fraction of sp³-hybridized carbons (Fsp3) is 0.462. The Morgan fingerprint density at radius 1 is 1.31 bits per heavy atom. The molecule has 0 aromatic heterocycles. The van der Waals surface area contributed by atoms with Crippen LogP contribution in [0.25, 0.3) is 0 Å². The van der Waals surface area contributed by atoms with E-state index in [1.807, 2.05) is 0 Å². The van der Waals surface area contributed by atoms with Crippen molar-refractivity contribution >= 4 is 0 Å². The van der Waals surface area contributed by atoms with Crippen LogP contribution in [0.2, 0.25) is 0 Å². The van der Waals surface area contributed by atoms with Crippen LogP contribution in [0, 0.1) is 6.17 Å². The first-order chi connectivity index (χ1) is 7.86. The molecule has 1 saturated heterocycles. The largest absolute Gasteiger partial charge is 0.314 e. The van der Waals surface area contributed by atoms with Crippen molar-refractivity contribution in [2.75, 3.05) is 19.6 Å². The Kier molecular flexibility index (Phi) is 2.67. The molecule has 3 rings (SSSR count). The Morgan fingerprint density at radius 2 is 2.19 bits per heavy atom. The van der Waals surface area contributed by atoms with E-state index in [9.17, 15) is 0 Å². The summed E-state index contributed by atoms with van der Waals surface area (Å²) in [7, 11) is 0. The first-order valence-electron chi connectivity index (χ1n) is 6.03. The first-order valence-corrected chi connectivity index (χ1v) is 6.03. The molecule has 2 aliphatic heterocycles. The fourth-order valence-electron chi connectivity index (χ4n) is 2.61. The van der Waals surface area contributed by atoms with Crippen LogP contribution in [0.1, 0.15) is 18.1 Å². The Morgan fingerprint density at radius 3 is 3.06 bits per heavy atom. The lowest BCUT2D eigenvalue weighted by Crippen LogP contribution is -2.53. The van der Waals surface area contributed by atoms with Crippen LogP contribution < -0.4 is 10.6 Å². The summed E-state index contributed by atoms with van der Waals surface area (Å²) in [5.41, 5.74) is 2.81. The number of hydrogen-bond acceptors (Lipinski definition) is 3. The van der Waals surface area contributed by atoms with Crippen LogP contribution in [-0.4, -0.2) is 30.6 Å². The highest BCUT2D eigenvalue weighted by Crippen LogP contribution is 2.28. The molecule has 1 fully saturated rings. The average Bonchev–Trinajstić information content (AvgIpc) is 2.74. The predicted molar refractivity (Wildman–Crippen MR) is 64.7 cm³/mol. The second kappa shape index (κ2) is 4.17. The summed E-state index contributed by atoms with van der Waals surface area (Å²) in [5, 5.41) is 6.97. The van der Waals surface area contributed by atoms with E-state index >= 15 is 0 Å². The van der Waals surface area contributed by atoms with E-state index in [0.29, 0.717) is 6.04 Å². The van der Waals surface area contributed by atoms with Crippen molar-refractivity contribution in [3.63, 3.8) is 0 Å². The molecule has 1 unspecified atom stereocenters. The molecule has 0 amide bonds. The standard InChI is InChI=1S/C13H18N3/c1-10-8-14-6-7-16(10)13-12-5-3-2-4-11(12)9-15-13/h2-5,10,14-15H,6-9H2,1H3. The molecule has 0 bridgehead atoms. The Hall–Kier alpha value is -0.900. The van der Waals surface area contributed by atoms with Crippen molar-refractivity contribution in [3.8, 4) is 0 Å². The number of hydrogen-bond donors (Lipinski definition) is 2. The van der Waals surface area contributed by atoms with Crippen molar-refractivity contribution < 1.29 is 0 Å². The Labute approximate surface area is 96.8 Å². The minimum Gasteiger partial charge on any atom is -0.314 e. The van der Waals surface area contributed by atoms with Gasteiger partial charge in [0.05, 0.1) is 0 Å². The summed E-state index contributed by atoms with van der Waals surface area (Å²) in [5.74, 6) is 0. The molecular weight excluding hydrogens is 198 g/mol. The lowest BCUT2D eigenvalue weighted by atomic mass is 10.1. The highest BCUT2D eigenvalue weighted by Gasteiger charge is 2.32. The van der Waals surface area contributed by atoms with Gasteiger partial charge in [-0.15, -0.1) is 0 Å². The van der Waals surface area contributed by atoms with E-state index in [4.69, 9.17) is 0 Å². The highest BCUT2D eigenvalue weighted by molar-refractivity contribution is 5.41. The molecule has 2 heterocycles.